The lowest BCUT2D eigenvalue weighted by Crippen LogP contribution is -2.38. The second-order valence-corrected chi connectivity index (χ2v) is 5.42. The summed E-state index contributed by atoms with van der Waals surface area (Å²) in [5, 5.41) is 11.1. The van der Waals surface area contributed by atoms with Crippen molar-refractivity contribution in [1.29, 1.82) is 0 Å². The Morgan fingerprint density at radius 1 is 1.15 bits per heavy atom. The Morgan fingerprint density at radius 2 is 1.92 bits per heavy atom. The number of hydrogen-bond acceptors (Lipinski definition) is 4. The maximum atomic E-state index is 5.18. The molecule has 1 aromatic heterocycles. The van der Waals surface area contributed by atoms with E-state index in [1.165, 1.54) is 0 Å². The number of methoxy groups -OCH3 is 2. The van der Waals surface area contributed by atoms with Crippen molar-refractivity contribution in [3.8, 4) is 11.4 Å². The predicted octanol–water partition coefficient (Wildman–Crippen LogP) is 2.59. The average Bonchev–Trinajstić information content (AvgIpc) is 3.12. The van der Waals surface area contributed by atoms with Crippen LogP contribution in [0.25, 0.3) is 5.69 Å². The van der Waals surface area contributed by atoms with Gasteiger partial charge in [-0.2, -0.15) is 5.10 Å². The normalized spacial score (nSPS) is 11.0. The van der Waals surface area contributed by atoms with Crippen LogP contribution < -0.4 is 15.4 Å². The Balaban J connectivity index is 0.00000338. The monoisotopic (exact) mass is 473 g/mol. The number of guanidine groups is 1. The minimum Gasteiger partial charge on any atom is -0.497 e. The fourth-order valence-electron chi connectivity index (χ4n) is 2.25. The Hall–Kier alpha value is -1.81. The Morgan fingerprint density at radius 3 is 2.58 bits per heavy atom. The first-order valence-corrected chi connectivity index (χ1v) is 8.47. The lowest BCUT2D eigenvalue weighted by Gasteiger charge is -2.10. The number of nitrogens with one attached hydrogen (secondary N) is 2. The van der Waals surface area contributed by atoms with E-state index in [-0.39, 0.29) is 24.0 Å². The summed E-state index contributed by atoms with van der Waals surface area (Å²) in [5.74, 6) is 1.62. The number of halogens is 1. The summed E-state index contributed by atoms with van der Waals surface area (Å²) in [6, 6.07) is 9.76. The first kappa shape index (κ1) is 22.2. The van der Waals surface area contributed by atoms with Crippen molar-refractivity contribution >= 4 is 29.9 Å². The van der Waals surface area contributed by atoms with Crippen LogP contribution in [0.4, 0.5) is 0 Å². The molecule has 7 nitrogen and oxygen atoms in total. The molecule has 144 valence electrons. The molecule has 0 amide bonds. The molecule has 8 heteroatoms. The highest BCUT2D eigenvalue weighted by molar-refractivity contribution is 14.0. The third-order valence-corrected chi connectivity index (χ3v) is 3.54. The Bertz CT molecular complexity index is 658. The summed E-state index contributed by atoms with van der Waals surface area (Å²) in [6.45, 7) is 4.93. The first-order chi connectivity index (χ1) is 12.3. The molecule has 0 radical (unpaired) electrons. The molecule has 0 aliphatic carbocycles. The van der Waals surface area contributed by atoms with Crippen LogP contribution in [0.2, 0.25) is 0 Å². The zero-order valence-corrected chi connectivity index (χ0v) is 17.9. The van der Waals surface area contributed by atoms with Gasteiger partial charge in [-0.3, -0.25) is 0 Å². The van der Waals surface area contributed by atoms with Gasteiger partial charge in [0, 0.05) is 33.0 Å². The van der Waals surface area contributed by atoms with Crippen LogP contribution in [0.5, 0.6) is 5.75 Å². The van der Waals surface area contributed by atoms with E-state index >= 15 is 0 Å². The molecule has 0 aliphatic rings. The number of nitrogens with zero attached hydrogens (tertiary/aromatic N) is 3. The number of rotatable bonds is 9. The van der Waals surface area contributed by atoms with Gasteiger partial charge in [0.15, 0.2) is 5.96 Å². The van der Waals surface area contributed by atoms with Crippen molar-refractivity contribution in [2.75, 3.05) is 33.9 Å². The van der Waals surface area contributed by atoms with E-state index in [1.54, 1.807) is 14.2 Å². The van der Waals surface area contributed by atoms with Gasteiger partial charge in [0.25, 0.3) is 0 Å². The van der Waals surface area contributed by atoms with Crippen molar-refractivity contribution in [3.63, 3.8) is 0 Å². The average molecular weight is 473 g/mol. The van der Waals surface area contributed by atoms with Crippen LogP contribution >= 0.6 is 24.0 Å². The van der Waals surface area contributed by atoms with E-state index in [2.05, 4.69) is 20.7 Å². The summed E-state index contributed by atoms with van der Waals surface area (Å²) >= 11 is 0. The van der Waals surface area contributed by atoms with Gasteiger partial charge in [-0.25, -0.2) is 9.67 Å². The maximum Gasteiger partial charge on any atom is 0.191 e. The highest BCUT2D eigenvalue weighted by Crippen LogP contribution is 2.14. The summed E-state index contributed by atoms with van der Waals surface area (Å²) in [7, 11) is 3.36. The Labute approximate surface area is 172 Å². The van der Waals surface area contributed by atoms with Crippen LogP contribution in [-0.2, 0) is 11.3 Å². The summed E-state index contributed by atoms with van der Waals surface area (Å²) in [5.41, 5.74) is 1.89. The molecule has 0 fully saturated rings. The van der Waals surface area contributed by atoms with Gasteiger partial charge in [0.05, 0.1) is 25.0 Å². The fraction of sp³-hybridized carbons (Fsp3) is 0.444. The molecule has 0 saturated carbocycles. The lowest BCUT2D eigenvalue weighted by molar-refractivity contribution is 0.195. The van der Waals surface area contributed by atoms with Gasteiger partial charge in [0.1, 0.15) is 5.75 Å². The zero-order chi connectivity index (χ0) is 17.9. The first-order valence-electron chi connectivity index (χ1n) is 8.47. The van der Waals surface area contributed by atoms with Gasteiger partial charge in [-0.15, -0.1) is 24.0 Å². The van der Waals surface area contributed by atoms with Crippen LogP contribution in [0.15, 0.2) is 41.5 Å². The van der Waals surface area contributed by atoms with Crippen LogP contribution in [-0.4, -0.2) is 49.7 Å². The van der Waals surface area contributed by atoms with Crippen molar-refractivity contribution < 1.29 is 9.47 Å². The van der Waals surface area contributed by atoms with E-state index in [1.807, 2.05) is 48.1 Å². The molecule has 1 aromatic carbocycles. The summed E-state index contributed by atoms with van der Waals surface area (Å²) in [6.07, 6.45) is 2.87. The molecule has 0 atom stereocenters. The van der Waals surface area contributed by atoms with E-state index in [0.29, 0.717) is 6.54 Å². The molecule has 1 heterocycles. The topological polar surface area (TPSA) is 72.7 Å². The van der Waals surface area contributed by atoms with Gasteiger partial charge < -0.3 is 20.1 Å². The van der Waals surface area contributed by atoms with Gasteiger partial charge >= 0.3 is 0 Å². The SMILES string of the molecule is CCNC(=NCc1ccn(-c2ccc(OC)cc2)n1)NCCCOC.I. The number of aliphatic imine (C=N–C) groups is 1. The number of hydrogen-bond donors (Lipinski definition) is 2. The van der Waals surface area contributed by atoms with Gasteiger partial charge in [-0.05, 0) is 43.7 Å². The quantitative estimate of drug-likeness (QED) is 0.254. The maximum absolute atomic E-state index is 5.18. The largest absolute Gasteiger partial charge is 0.497 e. The molecule has 0 bridgehead atoms. The highest BCUT2D eigenvalue weighted by Gasteiger charge is 2.03. The smallest absolute Gasteiger partial charge is 0.191 e. The van der Waals surface area contributed by atoms with E-state index in [0.717, 1.165) is 49.2 Å². The minimum atomic E-state index is 0. The molecule has 0 unspecified atom stereocenters. The molecular formula is C18H28IN5O2. The minimum absolute atomic E-state index is 0. The van der Waals surface area contributed by atoms with Gasteiger partial charge in [0.2, 0.25) is 0 Å². The molecular weight excluding hydrogens is 445 g/mol. The van der Waals surface area contributed by atoms with E-state index in [9.17, 15) is 0 Å². The van der Waals surface area contributed by atoms with Crippen molar-refractivity contribution in [1.82, 2.24) is 20.4 Å². The molecule has 2 N–H and O–H groups in total. The summed E-state index contributed by atoms with van der Waals surface area (Å²) < 4.78 is 12.1. The van der Waals surface area contributed by atoms with Crippen LogP contribution in [0, 0.1) is 0 Å². The van der Waals surface area contributed by atoms with Gasteiger partial charge in [-0.1, -0.05) is 0 Å². The molecule has 2 aromatic rings. The Kier molecular flexibility index (Phi) is 10.7. The fourth-order valence-corrected chi connectivity index (χ4v) is 2.25. The number of benzene rings is 1. The molecule has 2 rings (SSSR count). The van der Waals surface area contributed by atoms with E-state index < -0.39 is 0 Å². The zero-order valence-electron chi connectivity index (χ0n) is 15.6. The molecule has 0 aliphatic heterocycles. The molecule has 0 saturated heterocycles. The van der Waals surface area contributed by atoms with Crippen LogP contribution in [0.1, 0.15) is 19.0 Å². The number of aromatic nitrogens is 2. The van der Waals surface area contributed by atoms with Crippen molar-refractivity contribution in [2.45, 2.75) is 19.9 Å². The second-order valence-electron chi connectivity index (χ2n) is 5.42. The third-order valence-electron chi connectivity index (χ3n) is 3.54. The second kappa shape index (κ2) is 12.5. The van der Waals surface area contributed by atoms with Crippen molar-refractivity contribution in [3.05, 3.63) is 42.2 Å². The molecule has 26 heavy (non-hydrogen) atoms. The van der Waals surface area contributed by atoms with Crippen LogP contribution in [0.3, 0.4) is 0 Å². The third kappa shape index (κ3) is 7.20. The standard InChI is InChI=1S/C18H27N5O2.HI/c1-4-19-18(20-11-5-13-24-2)21-14-15-10-12-23(22-15)16-6-8-17(25-3)9-7-16;/h6-10,12H,4-5,11,13-14H2,1-3H3,(H2,19,20,21);1H. The highest BCUT2D eigenvalue weighted by atomic mass is 127. The number of ether oxygens (including phenoxy) is 2. The lowest BCUT2D eigenvalue weighted by atomic mass is 10.3. The summed E-state index contributed by atoms with van der Waals surface area (Å²) in [4.78, 5) is 4.57. The van der Waals surface area contributed by atoms with E-state index in [4.69, 9.17) is 9.47 Å². The molecule has 0 spiro atoms. The van der Waals surface area contributed by atoms with Crippen molar-refractivity contribution in [2.24, 2.45) is 4.99 Å². The predicted molar refractivity (Wildman–Crippen MR) is 115 cm³/mol.